The Labute approximate surface area is 211 Å². The highest BCUT2D eigenvalue weighted by atomic mass is 16.5. The summed E-state index contributed by atoms with van der Waals surface area (Å²) in [6.45, 7) is 7.69. The molecule has 0 spiro atoms. The lowest BCUT2D eigenvalue weighted by Gasteiger charge is -2.21. The minimum atomic E-state index is -0.972. The molecule has 1 unspecified atom stereocenters. The summed E-state index contributed by atoms with van der Waals surface area (Å²) in [6, 6.07) is 21.8. The number of fused-ring (bicyclic) bond motifs is 1. The molecular formula is C29H32N2O5. The number of rotatable bonds is 12. The number of aliphatic carboxylic acids is 1. The number of hydrogen-bond acceptors (Lipinski definition) is 6. The van der Waals surface area contributed by atoms with E-state index in [1.807, 2.05) is 48.5 Å². The van der Waals surface area contributed by atoms with E-state index in [1.165, 1.54) is 11.1 Å². The summed E-state index contributed by atoms with van der Waals surface area (Å²) < 4.78 is 17.7. The summed E-state index contributed by atoms with van der Waals surface area (Å²) in [5.74, 6) is 0.414. The van der Waals surface area contributed by atoms with Gasteiger partial charge in [-0.2, -0.15) is 4.98 Å². The van der Waals surface area contributed by atoms with Crippen molar-refractivity contribution < 1.29 is 23.8 Å². The van der Waals surface area contributed by atoms with Gasteiger partial charge in [-0.3, -0.25) is 0 Å². The summed E-state index contributed by atoms with van der Waals surface area (Å²) >= 11 is 0. The van der Waals surface area contributed by atoms with Crippen molar-refractivity contribution in [3.8, 4) is 11.5 Å². The normalized spacial score (nSPS) is 11.9. The smallest absolute Gasteiger partial charge is 0.344 e. The van der Waals surface area contributed by atoms with Gasteiger partial charge in [0.25, 0.3) is 6.01 Å². The van der Waals surface area contributed by atoms with Crippen LogP contribution >= 0.6 is 0 Å². The van der Waals surface area contributed by atoms with Crippen molar-refractivity contribution in [1.82, 2.24) is 4.98 Å². The fourth-order valence-corrected chi connectivity index (χ4v) is 3.90. The van der Waals surface area contributed by atoms with Crippen LogP contribution in [-0.4, -0.2) is 35.3 Å². The molecule has 7 nitrogen and oxygen atoms in total. The molecular weight excluding hydrogens is 456 g/mol. The molecule has 0 bridgehead atoms. The third-order valence-corrected chi connectivity index (χ3v) is 6.07. The van der Waals surface area contributed by atoms with E-state index in [2.05, 4.69) is 35.9 Å². The van der Waals surface area contributed by atoms with Crippen LogP contribution in [-0.2, 0) is 11.3 Å². The molecule has 7 heteroatoms. The van der Waals surface area contributed by atoms with Crippen LogP contribution in [0.3, 0.4) is 0 Å². The lowest BCUT2D eigenvalue weighted by atomic mass is 10.1. The standard InChI is InChI=1S/C29H32N2O5/c1-4-26(28(32)33)35-24-10-7-9-22(18-24)19-31(29-30-25-11-5-6-12-27(25)36-29)15-8-16-34-23-14-13-20(2)21(3)17-23/h5-7,9-14,17-18,26H,4,8,15-16,19H2,1-3H3,(H,32,33). The molecule has 0 saturated heterocycles. The number of aromatic nitrogens is 1. The fourth-order valence-electron chi connectivity index (χ4n) is 3.90. The molecule has 0 radical (unpaired) electrons. The lowest BCUT2D eigenvalue weighted by molar-refractivity contribution is -0.145. The zero-order valence-electron chi connectivity index (χ0n) is 20.9. The van der Waals surface area contributed by atoms with Gasteiger partial charge in [-0.05, 0) is 79.8 Å². The second-order valence-corrected chi connectivity index (χ2v) is 8.83. The number of hydrogen-bond donors (Lipinski definition) is 1. The van der Waals surface area contributed by atoms with Crippen molar-refractivity contribution in [2.24, 2.45) is 0 Å². The van der Waals surface area contributed by atoms with Gasteiger partial charge in [0, 0.05) is 13.1 Å². The highest BCUT2D eigenvalue weighted by Gasteiger charge is 2.18. The van der Waals surface area contributed by atoms with Crippen molar-refractivity contribution in [1.29, 1.82) is 0 Å². The minimum Gasteiger partial charge on any atom is -0.494 e. The van der Waals surface area contributed by atoms with Crippen LogP contribution in [0.1, 0.15) is 36.5 Å². The van der Waals surface area contributed by atoms with Gasteiger partial charge in [0.05, 0.1) is 6.61 Å². The van der Waals surface area contributed by atoms with Crippen molar-refractivity contribution in [3.05, 3.63) is 83.4 Å². The van der Waals surface area contributed by atoms with E-state index >= 15 is 0 Å². The first-order chi connectivity index (χ1) is 17.4. The molecule has 0 amide bonds. The Morgan fingerprint density at radius 1 is 1.03 bits per heavy atom. The summed E-state index contributed by atoms with van der Waals surface area (Å²) in [5, 5.41) is 9.33. The first-order valence-corrected chi connectivity index (χ1v) is 12.2. The van der Waals surface area contributed by atoms with Gasteiger partial charge < -0.3 is 23.9 Å². The molecule has 188 valence electrons. The fraction of sp³-hybridized carbons (Fsp3) is 0.310. The van der Waals surface area contributed by atoms with Crippen molar-refractivity contribution in [2.75, 3.05) is 18.1 Å². The number of benzene rings is 3. The van der Waals surface area contributed by atoms with E-state index in [9.17, 15) is 9.90 Å². The van der Waals surface area contributed by atoms with E-state index in [4.69, 9.17) is 13.9 Å². The topological polar surface area (TPSA) is 85.0 Å². The molecule has 4 rings (SSSR count). The second-order valence-electron chi connectivity index (χ2n) is 8.83. The summed E-state index contributed by atoms with van der Waals surface area (Å²) in [5.41, 5.74) is 4.94. The first kappa shape index (κ1) is 25.1. The number of carboxylic acid groups (broad SMARTS) is 1. The van der Waals surface area contributed by atoms with Crippen LogP contribution in [0.2, 0.25) is 0 Å². The van der Waals surface area contributed by atoms with Crippen LogP contribution in [0.5, 0.6) is 11.5 Å². The van der Waals surface area contributed by atoms with Gasteiger partial charge in [-0.15, -0.1) is 0 Å². The van der Waals surface area contributed by atoms with Crippen molar-refractivity contribution >= 4 is 23.1 Å². The highest BCUT2D eigenvalue weighted by Crippen LogP contribution is 2.25. The van der Waals surface area contributed by atoms with Crippen molar-refractivity contribution in [2.45, 2.75) is 46.3 Å². The molecule has 3 aromatic carbocycles. The second kappa shape index (κ2) is 11.6. The SMILES string of the molecule is CCC(Oc1cccc(CN(CCCOc2ccc(C)c(C)c2)c2nc3ccccc3o2)c1)C(=O)O. The minimum absolute atomic E-state index is 0.384. The van der Waals surface area contributed by atoms with Crippen molar-refractivity contribution in [3.63, 3.8) is 0 Å². The molecule has 0 saturated carbocycles. The Balaban J connectivity index is 1.48. The zero-order chi connectivity index (χ0) is 25.5. The van der Waals surface area contributed by atoms with Gasteiger partial charge in [0.1, 0.15) is 17.0 Å². The number of nitrogens with zero attached hydrogens (tertiary/aromatic N) is 2. The van der Waals surface area contributed by atoms with Crippen LogP contribution in [0.25, 0.3) is 11.1 Å². The highest BCUT2D eigenvalue weighted by molar-refractivity contribution is 5.74. The van der Waals surface area contributed by atoms with Gasteiger partial charge in [0.2, 0.25) is 0 Å². The van der Waals surface area contributed by atoms with Crippen LogP contribution in [0, 0.1) is 13.8 Å². The Hall–Kier alpha value is -4.00. The molecule has 1 N–H and O–H groups in total. The summed E-state index contributed by atoms with van der Waals surface area (Å²) in [7, 11) is 0. The molecule has 4 aromatic rings. The van der Waals surface area contributed by atoms with E-state index < -0.39 is 12.1 Å². The Morgan fingerprint density at radius 2 is 1.86 bits per heavy atom. The number of carboxylic acids is 1. The monoisotopic (exact) mass is 488 g/mol. The van der Waals surface area contributed by atoms with E-state index in [0.29, 0.717) is 37.9 Å². The van der Waals surface area contributed by atoms with E-state index in [1.54, 1.807) is 13.0 Å². The predicted molar refractivity (Wildman–Crippen MR) is 140 cm³/mol. The largest absolute Gasteiger partial charge is 0.494 e. The van der Waals surface area contributed by atoms with Gasteiger partial charge in [-0.25, -0.2) is 4.79 Å². The van der Waals surface area contributed by atoms with Gasteiger partial charge in [0.15, 0.2) is 11.7 Å². The Kier molecular flexibility index (Phi) is 8.10. The zero-order valence-corrected chi connectivity index (χ0v) is 20.9. The third kappa shape index (κ3) is 6.36. The number of ether oxygens (including phenoxy) is 2. The van der Waals surface area contributed by atoms with Crippen LogP contribution in [0.4, 0.5) is 6.01 Å². The number of carbonyl (C=O) groups is 1. The van der Waals surface area contributed by atoms with Gasteiger partial charge in [-0.1, -0.05) is 37.3 Å². The maximum atomic E-state index is 11.4. The maximum absolute atomic E-state index is 11.4. The summed E-state index contributed by atoms with van der Waals surface area (Å²) in [4.78, 5) is 18.1. The third-order valence-electron chi connectivity index (χ3n) is 6.07. The number of oxazole rings is 1. The predicted octanol–water partition coefficient (Wildman–Crippen LogP) is 6.16. The Bertz CT molecular complexity index is 1280. The van der Waals surface area contributed by atoms with Crippen LogP contribution in [0.15, 0.2) is 71.1 Å². The average molecular weight is 489 g/mol. The van der Waals surface area contributed by atoms with Gasteiger partial charge >= 0.3 is 5.97 Å². The lowest BCUT2D eigenvalue weighted by Crippen LogP contribution is -2.27. The molecule has 1 heterocycles. The Morgan fingerprint density at radius 3 is 2.61 bits per heavy atom. The molecule has 0 aliphatic heterocycles. The molecule has 0 fully saturated rings. The van der Waals surface area contributed by atoms with Crippen LogP contribution < -0.4 is 14.4 Å². The molecule has 36 heavy (non-hydrogen) atoms. The molecule has 0 aliphatic carbocycles. The maximum Gasteiger partial charge on any atom is 0.344 e. The number of anilines is 1. The molecule has 0 aliphatic rings. The first-order valence-electron chi connectivity index (χ1n) is 12.2. The average Bonchev–Trinajstić information content (AvgIpc) is 3.31. The summed E-state index contributed by atoms with van der Waals surface area (Å²) in [6.07, 6.45) is 0.268. The van der Waals surface area contributed by atoms with E-state index in [0.717, 1.165) is 28.8 Å². The van der Waals surface area contributed by atoms with E-state index in [-0.39, 0.29) is 0 Å². The number of aryl methyl sites for hydroxylation is 2. The quantitative estimate of drug-likeness (QED) is 0.239. The molecule has 1 atom stereocenters. The number of para-hydroxylation sites is 2. The molecule has 1 aromatic heterocycles.